The zero-order valence-electron chi connectivity index (χ0n) is 27.6. The molecule has 0 atom stereocenters. The SMILES string of the molecule is CCC1(CC)c2ccccc2-c2ccc(N(c3ccc(-c4ccc(-c5ccccc5)cc4)cc3)c3cccc(-c4ccccc4)c3)cc21. The van der Waals surface area contributed by atoms with E-state index in [2.05, 4.69) is 195 Å². The molecule has 0 spiro atoms. The topological polar surface area (TPSA) is 3.24 Å². The van der Waals surface area contributed by atoms with Gasteiger partial charge < -0.3 is 4.90 Å². The Bertz CT molecular complexity index is 2170. The van der Waals surface area contributed by atoms with E-state index in [0.29, 0.717) is 0 Å². The Morgan fingerprint density at radius 3 is 1.44 bits per heavy atom. The van der Waals surface area contributed by atoms with Crippen molar-refractivity contribution < 1.29 is 0 Å². The van der Waals surface area contributed by atoms with Gasteiger partial charge in [-0.3, -0.25) is 0 Å². The van der Waals surface area contributed by atoms with Crippen molar-refractivity contribution in [3.63, 3.8) is 0 Å². The Balaban J connectivity index is 1.22. The Hall–Kier alpha value is -5.66. The van der Waals surface area contributed by atoms with E-state index < -0.39 is 0 Å². The van der Waals surface area contributed by atoms with Gasteiger partial charge >= 0.3 is 0 Å². The van der Waals surface area contributed by atoms with Crippen LogP contribution in [-0.4, -0.2) is 0 Å². The molecule has 7 aromatic carbocycles. The van der Waals surface area contributed by atoms with Gasteiger partial charge in [0.15, 0.2) is 0 Å². The normalized spacial score (nSPS) is 12.7. The van der Waals surface area contributed by atoms with Gasteiger partial charge in [-0.25, -0.2) is 0 Å². The summed E-state index contributed by atoms with van der Waals surface area (Å²) in [6, 6.07) is 64.3. The quantitative estimate of drug-likeness (QED) is 0.164. The highest BCUT2D eigenvalue weighted by Gasteiger charge is 2.40. The minimum absolute atomic E-state index is 0.00919. The second kappa shape index (κ2) is 12.5. The van der Waals surface area contributed by atoms with Gasteiger partial charge in [-0.2, -0.15) is 0 Å². The van der Waals surface area contributed by atoms with Crippen LogP contribution in [0.15, 0.2) is 176 Å². The van der Waals surface area contributed by atoms with E-state index in [4.69, 9.17) is 0 Å². The van der Waals surface area contributed by atoms with Crippen LogP contribution in [0, 0.1) is 0 Å². The van der Waals surface area contributed by atoms with E-state index in [1.165, 1.54) is 61.3 Å². The summed E-state index contributed by atoms with van der Waals surface area (Å²) in [4.78, 5) is 2.42. The van der Waals surface area contributed by atoms with Crippen LogP contribution in [0.2, 0.25) is 0 Å². The van der Waals surface area contributed by atoms with Crippen molar-refractivity contribution in [2.24, 2.45) is 0 Å². The smallest absolute Gasteiger partial charge is 0.0467 e. The molecule has 1 nitrogen and oxygen atoms in total. The van der Waals surface area contributed by atoms with Crippen molar-refractivity contribution in [1.29, 1.82) is 0 Å². The Kier molecular flexibility index (Phi) is 7.74. The maximum atomic E-state index is 2.47. The summed E-state index contributed by atoms with van der Waals surface area (Å²) >= 11 is 0. The summed E-state index contributed by atoms with van der Waals surface area (Å²) in [5, 5.41) is 0. The first-order chi connectivity index (χ1) is 23.7. The van der Waals surface area contributed by atoms with Crippen molar-refractivity contribution in [2.75, 3.05) is 4.90 Å². The van der Waals surface area contributed by atoms with Crippen molar-refractivity contribution in [2.45, 2.75) is 32.1 Å². The lowest BCUT2D eigenvalue weighted by Gasteiger charge is -2.32. The fraction of sp³-hybridized carbons (Fsp3) is 0.106. The first-order valence-corrected chi connectivity index (χ1v) is 17.1. The molecule has 48 heavy (non-hydrogen) atoms. The lowest BCUT2D eigenvalue weighted by atomic mass is 9.74. The zero-order valence-corrected chi connectivity index (χ0v) is 27.6. The van der Waals surface area contributed by atoms with Gasteiger partial charge in [0, 0.05) is 22.5 Å². The Labute approximate surface area is 284 Å². The highest BCUT2D eigenvalue weighted by atomic mass is 15.1. The van der Waals surface area contributed by atoms with Crippen molar-refractivity contribution in [3.8, 4) is 44.5 Å². The van der Waals surface area contributed by atoms with Gasteiger partial charge in [0.05, 0.1) is 0 Å². The molecule has 232 valence electrons. The summed E-state index contributed by atoms with van der Waals surface area (Å²) in [5.74, 6) is 0. The van der Waals surface area contributed by atoms with Gasteiger partial charge in [-0.05, 0) is 105 Å². The molecule has 0 heterocycles. The first kappa shape index (κ1) is 29.7. The van der Waals surface area contributed by atoms with Gasteiger partial charge in [0.2, 0.25) is 0 Å². The summed E-state index contributed by atoms with van der Waals surface area (Å²) < 4.78 is 0. The van der Waals surface area contributed by atoms with Crippen LogP contribution in [0.3, 0.4) is 0 Å². The molecule has 0 saturated carbocycles. The highest BCUT2D eigenvalue weighted by Crippen LogP contribution is 2.54. The van der Waals surface area contributed by atoms with Crippen LogP contribution in [0.5, 0.6) is 0 Å². The minimum atomic E-state index is 0.00919. The molecular weight excluding hydrogens is 579 g/mol. The van der Waals surface area contributed by atoms with Crippen molar-refractivity contribution >= 4 is 17.1 Å². The van der Waals surface area contributed by atoms with Crippen LogP contribution >= 0.6 is 0 Å². The maximum Gasteiger partial charge on any atom is 0.0467 e. The lowest BCUT2D eigenvalue weighted by Crippen LogP contribution is -2.23. The molecule has 0 saturated heterocycles. The van der Waals surface area contributed by atoms with E-state index in [9.17, 15) is 0 Å². The predicted octanol–water partition coefficient (Wildman–Crippen LogP) is 13.2. The third-order valence-electron chi connectivity index (χ3n) is 10.4. The lowest BCUT2D eigenvalue weighted by molar-refractivity contribution is 0.490. The predicted molar refractivity (Wildman–Crippen MR) is 204 cm³/mol. The van der Waals surface area contributed by atoms with Crippen LogP contribution in [-0.2, 0) is 5.41 Å². The zero-order chi connectivity index (χ0) is 32.5. The number of hydrogen-bond acceptors (Lipinski definition) is 1. The third kappa shape index (κ3) is 5.13. The minimum Gasteiger partial charge on any atom is -0.310 e. The van der Waals surface area contributed by atoms with Crippen LogP contribution in [0.1, 0.15) is 37.8 Å². The average molecular weight is 618 g/mol. The molecule has 0 radical (unpaired) electrons. The second-order valence-corrected chi connectivity index (χ2v) is 12.8. The number of nitrogens with zero attached hydrogens (tertiary/aromatic N) is 1. The molecule has 1 heteroatoms. The third-order valence-corrected chi connectivity index (χ3v) is 10.4. The molecule has 1 aliphatic carbocycles. The van der Waals surface area contributed by atoms with E-state index in [-0.39, 0.29) is 5.41 Å². The molecule has 0 fully saturated rings. The molecule has 0 bridgehead atoms. The fourth-order valence-electron chi connectivity index (χ4n) is 7.79. The van der Waals surface area contributed by atoms with Gasteiger partial charge in [-0.1, -0.05) is 153 Å². The van der Waals surface area contributed by atoms with Crippen LogP contribution in [0.25, 0.3) is 44.5 Å². The van der Waals surface area contributed by atoms with E-state index >= 15 is 0 Å². The monoisotopic (exact) mass is 617 g/mol. The highest BCUT2D eigenvalue weighted by molar-refractivity contribution is 5.87. The molecule has 0 N–H and O–H groups in total. The molecular formula is C47H39N. The molecule has 0 unspecified atom stereocenters. The first-order valence-electron chi connectivity index (χ1n) is 17.1. The fourth-order valence-corrected chi connectivity index (χ4v) is 7.79. The molecule has 0 aliphatic heterocycles. The Morgan fingerprint density at radius 2 is 0.812 bits per heavy atom. The number of hydrogen-bond donors (Lipinski definition) is 0. The van der Waals surface area contributed by atoms with E-state index in [1.807, 2.05) is 0 Å². The maximum absolute atomic E-state index is 2.47. The van der Waals surface area contributed by atoms with Crippen molar-refractivity contribution in [3.05, 3.63) is 187 Å². The van der Waals surface area contributed by atoms with Gasteiger partial charge in [0.1, 0.15) is 0 Å². The Morgan fingerprint density at radius 1 is 0.354 bits per heavy atom. The van der Waals surface area contributed by atoms with Gasteiger partial charge in [0.25, 0.3) is 0 Å². The summed E-state index contributed by atoms with van der Waals surface area (Å²) in [6.07, 6.45) is 2.14. The molecule has 0 amide bonds. The number of rotatable bonds is 8. The molecule has 8 rings (SSSR count). The van der Waals surface area contributed by atoms with Crippen LogP contribution in [0.4, 0.5) is 17.1 Å². The largest absolute Gasteiger partial charge is 0.310 e. The number of benzene rings is 7. The van der Waals surface area contributed by atoms with Crippen molar-refractivity contribution in [1.82, 2.24) is 0 Å². The van der Waals surface area contributed by atoms with Crippen LogP contribution < -0.4 is 4.90 Å². The van der Waals surface area contributed by atoms with Gasteiger partial charge in [-0.15, -0.1) is 0 Å². The number of anilines is 3. The molecule has 1 aliphatic rings. The molecule has 7 aromatic rings. The van der Waals surface area contributed by atoms with E-state index in [1.54, 1.807) is 0 Å². The second-order valence-electron chi connectivity index (χ2n) is 12.8. The summed E-state index contributed by atoms with van der Waals surface area (Å²) in [5.41, 5.74) is 16.4. The summed E-state index contributed by atoms with van der Waals surface area (Å²) in [7, 11) is 0. The standard InChI is InChI=1S/C47H39N/c1-3-47(4-2)45-21-12-11-20-43(45)44-31-30-42(33-46(44)47)48(41-19-13-18-39(32-41)35-16-9-6-10-17-35)40-28-26-38(27-29-40)37-24-22-36(23-25-37)34-14-7-5-8-15-34/h5-33H,3-4H2,1-2H3. The molecule has 0 aromatic heterocycles. The van der Waals surface area contributed by atoms with E-state index in [0.717, 1.165) is 24.2 Å². The number of fused-ring (bicyclic) bond motifs is 3. The average Bonchev–Trinajstić information content (AvgIpc) is 3.45. The summed E-state index contributed by atoms with van der Waals surface area (Å²) in [6.45, 7) is 4.68.